The van der Waals surface area contributed by atoms with E-state index in [0.717, 1.165) is 11.8 Å². The molecule has 3 rings (SSSR count). The van der Waals surface area contributed by atoms with Crippen LogP contribution < -0.4 is 5.84 Å². The lowest BCUT2D eigenvalue weighted by Crippen LogP contribution is -2.21. The van der Waals surface area contributed by atoms with Gasteiger partial charge in [-0.3, -0.25) is 4.98 Å². The lowest BCUT2D eigenvalue weighted by atomic mass is 10.4. The molecule has 3 aromatic heterocycles. The minimum absolute atomic E-state index is 0.127. The van der Waals surface area contributed by atoms with Crippen LogP contribution in [0.3, 0.4) is 0 Å². The molecule has 108 valence electrons. The molecule has 0 unspecified atom stereocenters. The first-order valence-corrected chi connectivity index (χ1v) is 6.30. The van der Waals surface area contributed by atoms with Crippen molar-refractivity contribution in [3.63, 3.8) is 0 Å². The van der Waals surface area contributed by atoms with Crippen molar-refractivity contribution in [2.75, 3.05) is 5.84 Å². The van der Waals surface area contributed by atoms with Crippen molar-refractivity contribution in [1.82, 2.24) is 29.8 Å². The Morgan fingerprint density at radius 3 is 2.57 bits per heavy atom. The highest BCUT2D eigenvalue weighted by Crippen LogP contribution is 2.31. The Bertz CT molecular complexity index is 801. The molecule has 3 heterocycles. The smallest absolute Gasteiger partial charge is 0.335 e. The number of alkyl halides is 3. The molecule has 0 aliphatic heterocycles. The summed E-state index contributed by atoms with van der Waals surface area (Å²) >= 11 is 0.851. The van der Waals surface area contributed by atoms with Crippen LogP contribution in [0.25, 0.3) is 11.2 Å². The molecule has 0 bridgehead atoms. The molecule has 11 heteroatoms. The predicted molar refractivity (Wildman–Crippen MR) is 66.6 cm³/mol. The second-order valence-corrected chi connectivity index (χ2v) is 4.81. The Labute approximate surface area is 119 Å². The number of hydrogen-bond donors (Lipinski definition) is 1. The molecular formula is C10H6F3N7S. The van der Waals surface area contributed by atoms with Crippen molar-refractivity contribution in [3.8, 4) is 0 Å². The SMILES string of the molecule is Nn1c(Sc2ccc3nccnc3n2)nnc1C(F)(F)F. The molecule has 0 radical (unpaired) electrons. The lowest BCUT2D eigenvalue weighted by Gasteiger charge is -2.05. The summed E-state index contributed by atoms with van der Waals surface area (Å²) in [6.07, 6.45) is -1.68. The molecule has 0 aliphatic rings. The van der Waals surface area contributed by atoms with E-state index >= 15 is 0 Å². The normalized spacial score (nSPS) is 12.0. The fourth-order valence-corrected chi connectivity index (χ4v) is 2.25. The van der Waals surface area contributed by atoms with Crippen molar-refractivity contribution < 1.29 is 13.2 Å². The summed E-state index contributed by atoms with van der Waals surface area (Å²) in [5, 5.41) is 6.70. The van der Waals surface area contributed by atoms with Gasteiger partial charge in [-0.15, -0.1) is 10.2 Å². The Morgan fingerprint density at radius 1 is 1.10 bits per heavy atom. The van der Waals surface area contributed by atoms with E-state index in [2.05, 4.69) is 25.1 Å². The molecule has 0 saturated heterocycles. The van der Waals surface area contributed by atoms with Crippen LogP contribution >= 0.6 is 11.8 Å². The molecule has 0 aliphatic carbocycles. The third kappa shape index (κ3) is 2.59. The zero-order valence-electron chi connectivity index (χ0n) is 10.1. The number of fused-ring (bicyclic) bond motifs is 1. The minimum atomic E-state index is -4.66. The number of nitrogen functional groups attached to an aromatic ring is 1. The minimum Gasteiger partial charge on any atom is -0.335 e. The standard InChI is InChI=1S/C10H6F3N7S/c11-10(12,13)8-18-19-9(20(8)14)21-6-2-1-5-7(17-6)16-4-3-15-5/h1-4H,14H2. The zero-order valence-corrected chi connectivity index (χ0v) is 10.9. The summed E-state index contributed by atoms with van der Waals surface area (Å²) in [5.74, 6) is 4.07. The van der Waals surface area contributed by atoms with E-state index in [1.54, 1.807) is 12.1 Å². The highest BCUT2D eigenvalue weighted by atomic mass is 32.2. The van der Waals surface area contributed by atoms with Crippen LogP contribution in [0.15, 0.2) is 34.7 Å². The Kier molecular flexibility index (Phi) is 3.12. The summed E-state index contributed by atoms with van der Waals surface area (Å²) in [6.45, 7) is 0. The largest absolute Gasteiger partial charge is 0.453 e. The molecule has 0 saturated carbocycles. The summed E-state index contributed by atoms with van der Waals surface area (Å²) in [7, 11) is 0. The monoisotopic (exact) mass is 313 g/mol. The Hall–Kier alpha value is -2.43. The fourth-order valence-electron chi connectivity index (χ4n) is 1.53. The first-order valence-electron chi connectivity index (χ1n) is 5.48. The maximum atomic E-state index is 12.6. The molecule has 0 aromatic carbocycles. The van der Waals surface area contributed by atoms with Gasteiger partial charge in [0.2, 0.25) is 5.16 Å². The van der Waals surface area contributed by atoms with Gasteiger partial charge in [-0.1, -0.05) is 0 Å². The van der Waals surface area contributed by atoms with Crippen molar-refractivity contribution in [2.24, 2.45) is 0 Å². The summed E-state index contributed by atoms with van der Waals surface area (Å²) in [5.41, 5.74) is 0.952. The number of nitrogens with two attached hydrogens (primary N) is 1. The topological polar surface area (TPSA) is 95.4 Å². The van der Waals surface area contributed by atoms with Gasteiger partial charge in [-0.25, -0.2) is 14.6 Å². The first-order chi connectivity index (χ1) is 9.95. The molecule has 0 atom stereocenters. The van der Waals surface area contributed by atoms with E-state index in [0.29, 0.717) is 20.9 Å². The van der Waals surface area contributed by atoms with E-state index in [9.17, 15) is 13.2 Å². The van der Waals surface area contributed by atoms with Crippen LogP contribution in [0.2, 0.25) is 0 Å². The maximum absolute atomic E-state index is 12.6. The van der Waals surface area contributed by atoms with Gasteiger partial charge < -0.3 is 5.84 Å². The van der Waals surface area contributed by atoms with E-state index in [1.807, 2.05) is 0 Å². The molecule has 7 nitrogen and oxygen atoms in total. The molecule has 2 N–H and O–H groups in total. The van der Waals surface area contributed by atoms with Gasteiger partial charge in [0.15, 0.2) is 5.65 Å². The van der Waals surface area contributed by atoms with Gasteiger partial charge in [0.25, 0.3) is 5.82 Å². The summed E-state index contributed by atoms with van der Waals surface area (Å²) in [6, 6.07) is 3.24. The van der Waals surface area contributed by atoms with E-state index in [-0.39, 0.29) is 5.16 Å². The van der Waals surface area contributed by atoms with Gasteiger partial charge in [-0.2, -0.15) is 13.2 Å². The highest BCUT2D eigenvalue weighted by Gasteiger charge is 2.38. The van der Waals surface area contributed by atoms with E-state index < -0.39 is 12.0 Å². The second kappa shape index (κ2) is 4.84. The van der Waals surface area contributed by atoms with E-state index in [1.165, 1.54) is 12.4 Å². The van der Waals surface area contributed by atoms with Gasteiger partial charge >= 0.3 is 6.18 Å². The Morgan fingerprint density at radius 2 is 1.86 bits per heavy atom. The van der Waals surface area contributed by atoms with Gasteiger partial charge in [0, 0.05) is 12.4 Å². The van der Waals surface area contributed by atoms with Crippen LogP contribution in [0, 0.1) is 0 Å². The number of halogens is 3. The predicted octanol–water partition coefficient (Wildman–Crippen LogP) is 1.50. The molecule has 3 aromatic rings. The molecular weight excluding hydrogens is 307 g/mol. The van der Waals surface area contributed by atoms with Gasteiger partial charge in [0.05, 0.1) is 0 Å². The maximum Gasteiger partial charge on any atom is 0.453 e. The fraction of sp³-hybridized carbons (Fsp3) is 0.100. The number of hydrogen-bond acceptors (Lipinski definition) is 7. The van der Waals surface area contributed by atoms with Gasteiger partial charge in [-0.05, 0) is 23.9 Å². The number of rotatable bonds is 2. The van der Waals surface area contributed by atoms with Crippen LogP contribution in [-0.4, -0.2) is 29.8 Å². The van der Waals surface area contributed by atoms with Crippen molar-refractivity contribution in [2.45, 2.75) is 16.4 Å². The third-order valence-corrected chi connectivity index (χ3v) is 3.32. The summed E-state index contributed by atoms with van der Waals surface area (Å²) in [4.78, 5) is 12.2. The molecule has 0 amide bonds. The average Bonchev–Trinajstić information content (AvgIpc) is 2.80. The zero-order chi connectivity index (χ0) is 15.0. The van der Waals surface area contributed by atoms with Crippen molar-refractivity contribution in [1.29, 1.82) is 0 Å². The van der Waals surface area contributed by atoms with Crippen molar-refractivity contribution in [3.05, 3.63) is 30.4 Å². The van der Waals surface area contributed by atoms with E-state index in [4.69, 9.17) is 5.84 Å². The summed E-state index contributed by atoms with van der Waals surface area (Å²) < 4.78 is 38.1. The molecule has 21 heavy (non-hydrogen) atoms. The first kappa shape index (κ1) is 13.5. The third-order valence-electron chi connectivity index (χ3n) is 2.42. The quantitative estimate of drug-likeness (QED) is 0.716. The van der Waals surface area contributed by atoms with Gasteiger partial charge in [0.1, 0.15) is 10.5 Å². The van der Waals surface area contributed by atoms with Crippen LogP contribution in [0.5, 0.6) is 0 Å². The second-order valence-electron chi connectivity index (χ2n) is 3.82. The molecule has 0 spiro atoms. The average molecular weight is 313 g/mol. The lowest BCUT2D eigenvalue weighted by molar-refractivity contribution is -0.146. The van der Waals surface area contributed by atoms with Crippen LogP contribution in [-0.2, 0) is 6.18 Å². The van der Waals surface area contributed by atoms with Crippen molar-refractivity contribution >= 4 is 22.9 Å². The molecule has 0 fully saturated rings. The highest BCUT2D eigenvalue weighted by molar-refractivity contribution is 7.99. The van der Waals surface area contributed by atoms with Crippen LogP contribution in [0.4, 0.5) is 13.2 Å². The Balaban J connectivity index is 1.94. The number of nitrogens with zero attached hydrogens (tertiary/aromatic N) is 6. The van der Waals surface area contributed by atoms with Crippen LogP contribution in [0.1, 0.15) is 5.82 Å². The number of aromatic nitrogens is 6. The number of pyridine rings is 1.